The molecule has 0 bridgehead atoms. The number of fused-ring (bicyclic) bond motifs is 3. The predicted octanol–water partition coefficient (Wildman–Crippen LogP) is 4.26. The lowest BCUT2D eigenvalue weighted by molar-refractivity contribution is 0.0698. The molecule has 2 atom stereocenters. The Labute approximate surface area is 207 Å². The number of benzene rings is 1. The number of H-pyrrole nitrogens is 1. The first-order valence-electron chi connectivity index (χ1n) is 12.0. The molecule has 182 valence electrons. The molecule has 0 radical (unpaired) electrons. The number of ether oxygens (including phenoxy) is 1. The Morgan fingerprint density at radius 2 is 2.00 bits per heavy atom. The van der Waals surface area contributed by atoms with Gasteiger partial charge in [-0.05, 0) is 36.0 Å². The highest BCUT2D eigenvalue weighted by Crippen LogP contribution is 2.43. The van der Waals surface area contributed by atoms with Crippen molar-refractivity contribution < 1.29 is 14.6 Å². The van der Waals surface area contributed by atoms with Gasteiger partial charge in [0.25, 0.3) is 0 Å². The topological polar surface area (TPSA) is 109 Å². The predicted molar refractivity (Wildman–Crippen MR) is 136 cm³/mol. The first-order valence-corrected chi connectivity index (χ1v) is 12.0. The largest absolute Gasteiger partial charge is 0.477 e. The van der Waals surface area contributed by atoms with E-state index < -0.39 is 5.97 Å². The summed E-state index contributed by atoms with van der Waals surface area (Å²) in [5.41, 5.74) is 3.75. The third-order valence-corrected chi connectivity index (χ3v) is 6.80. The molecule has 1 aliphatic carbocycles. The number of aromatic carboxylic acids is 1. The molecule has 1 aromatic carbocycles. The molecular formula is C27H26N6O3. The molecule has 1 saturated heterocycles. The first kappa shape index (κ1) is 22.2. The van der Waals surface area contributed by atoms with Crippen molar-refractivity contribution in [3.05, 3.63) is 78.2 Å². The Morgan fingerprint density at radius 1 is 1.19 bits per heavy atom. The number of pyridine rings is 1. The van der Waals surface area contributed by atoms with Gasteiger partial charge in [0.15, 0.2) is 5.65 Å². The number of carboxylic acids is 1. The van der Waals surface area contributed by atoms with Crippen LogP contribution >= 0.6 is 0 Å². The summed E-state index contributed by atoms with van der Waals surface area (Å²) < 4.78 is 6.68. The molecule has 4 aromatic heterocycles. The summed E-state index contributed by atoms with van der Waals surface area (Å²) in [4.78, 5) is 25.9. The summed E-state index contributed by atoms with van der Waals surface area (Å²) in [5, 5.41) is 14.8. The maximum Gasteiger partial charge on any atom is 0.341 e. The Hall–Kier alpha value is -4.24. The van der Waals surface area contributed by atoms with Crippen molar-refractivity contribution in [3.63, 3.8) is 0 Å². The second kappa shape index (κ2) is 9.09. The standard InChI is InChI=1S/C22H18N6O2.C5H8O/c1-27(13-14-6-3-2-4-7-14)19-10-18(16-11-24-20-15(16)8-5-9-23-20)26-21-17(22(29)30)12-25-28(19)21;1-4-2-6-3-5(1)4/h2-12H,13H2,1H3,(H,23,24)(H,29,30);4-5H,1-3H2. The van der Waals surface area contributed by atoms with Crippen molar-refractivity contribution in [3.8, 4) is 11.3 Å². The number of nitrogens with zero attached hydrogens (tertiary/aromatic N) is 5. The minimum atomic E-state index is -1.06. The van der Waals surface area contributed by atoms with Gasteiger partial charge < -0.3 is 19.7 Å². The lowest BCUT2D eigenvalue weighted by Gasteiger charge is -2.21. The van der Waals surface area contributed by atoms with E-state index in [9.17, 15) is 9.90 Å². The van der Waals surface area contributed by atoms with Crippen LogP contribution in [0.15, 0.2) is 67.1 Å². The molecule has 5 aromatic rings. The quantitative estimate of drug-likeness (QED) is 0.385. The van der Waals surface area contributed by atoms with Gasteiger partial charge in [0.2, 0.25) is 0 Å². The van der Waals surface area contributed by atoms with Crippen LogP contribution in [-0.2, 0) is 11.3 Å². The number of rotatable bonds is 5. The zero-order valence-electron chi connectivity index (χ0n) is 19.8. The number of nitrogens with one attached hydrogen (secondary N) is 1. The third-order valence-electron chi connectivity index (χ3n) is 6.80. The summed E-state index contributed by atoms with van der Waals surface area (Å²) in [6, 6.07) is 15.8. The minimum Gasteiger partial charge on any atom is -0.477 e. The van der Waals surface area contributed by atoms with E-state index in [1.165, 1.54) is 12.6 Å². The van der Waals surface area contributed by atoms with Gasteiger partial charge in [-0.15, -0.1) is 0 Å². The van der Waals surface area contributed by atoms with Crippen molar-refractivity contribution in [2.24, 2.45) is 11.8 Å². The van der Waals surface area contributed by atoms with E-state index in [0.717, 1.165) is 53.0 Å². The zero-order valence-corrected chi connectivity index (χ0v) is 19.8. The number of anilines is 1. The second-order valence-corrected chi connectivity index (χ2v) is 9.34. The lowest BCUT2D eigenvalue weighted by Crippen LogP contribution is -2.20. The van der Waals surface area contributed by atoms with Crippen molar-refractivity contribution in [2.75, 3.05) is 25.2 Å². The molecule has 2 unspecified atom stereocenters. The SMILES string of the molecule is C1OCC2CC12.CN(Cc1ccccc1)c1cc(-c2c[nH]c3ncccc23)nc2c(C(=O)O)cnn12. The first-order chi connectivity index (χ1) is 17.6. The minimum absolute atomic E-state index is 0.0594. The van der Waals surface area contributed by atoms with E-state index in [0.29, 0.717) is 17.9 Å². The summed E-state index contributed by atoms with van der Waals surface area (Å²) in [6.07, 6.45) is 6.36. The average molecular weight is 483 g/mol. The van der Waals surface area contributed by atoms with Gasteiger partial charge in [0.1, 0.15) is 17.0 Å². The van der Waals surface area contributed by atoms with E-state index in [1.54, 1.807) is 10.7 Å². The van der Waals surface area contributed by atoms with Crippen LogP contribution in [0, 0.1) is 11.8 Å². The van der Waals surface area contributed by atoms with Crippen LogP contribution in [0.2, 0.25) is 0 Å². The van der Waals surface area contributed by atoms with Gasteiger partial charge in [0, 0.05) is 56.2 Å². The number of hydrogen-bond donors (Lipinski definition) is 2. The van der Waals surface area contributed by atoms with E-state index >= 15 is 0 Å². The van der Waals surface area contributed by atoms with Crippen LogP contribution in [0.3, 0.4) is 0 Å². The molecule has 5 heterocycles. The monoisotopic (exact) mass is 482 g/mol. The highest BCUT2D eigenvalue weighted by molar-refractivity contribution is 5.96. The zero-order chi connectivity index (χ0) is 24.6. The van der Waals surface area contributed by atoms with Gasteiger partial charge >= 0.3 is 5.97 Å². The fourth-order valence-corrected chi connectivity index (χ4v) is 4.70. The van der Waals surface area contributed by atoms with E-state index in [1.807, 2.05) is 66.7 Å². The van der Waals surface area contributed by atoms with Crippen LogP contribution in [0.1, 0.15) is 22.3 Å². The highest BCUT2D eigenvalue weighted by Gasteiger charge is 2.41. The van der Waals surface area contributed by atoms with Crippen molar-refractivity contribution in [1.82, 2.24) is 24.6 Å². The number of aromatic amines is 1. The van der Waals surface area contributed by atoms with Crippen LogP contribution in [0.4, 0.5) is 5.82 Å². The molecule has 0 amide bonds. The molecular weight excluding hydrogens is 456 g/mol. The van der Waals surface area contributed by atoms with Gasteiger partial charge in [0.05, 0.1) is 11.9 Å². The average Bonchev–Trinajstić information content (AvgIpc) is 3.27. The van der Waals surface area contributed by atoms with Crippen LogP contribution in [0.5, 0.6) is 0 Å². The van der Waals surface area contributed by atoms with Gasteiger partial charge in [-0.25, -0.2) is 14.8 Å². The van der Waals surface area contributed by atoms with Crippen LogP contribution in [-0.4, -0.2) is 55.9 Å². The molecule has 9 nitrogen and oxygen atoms in total. The summed E-state index contributed by atoms with van der Waals surface area (Å²) in [7, 11) is 1.95. The highest BCUT2D eigenvalue weighted by atomic mass is 16.5. The maximum absolute atomic E-state index is 11.7. The van der Waals surface area contributed by atoms with Crippen molar-refractivity contribution >= 4 is 28.5 Å². The number of carboxylic acid groups (broad SMARTS) is 1. The molecule has 2 N–H and O–H groups in total. The van der Waals surface area contributed by atoms with Gasteiger partial charge in [-0.2, -0.15) is 9.61 Å². The molecule has 2 fully saturated rings. The smallest absolute Gasteiger partial charge is 0.341 e. The lowest BCUT2D eigenvalue weighted by atomic mass is 10.1. The second-order valence-electron chi connectivity index (χ2n) is 9.34. The molecule has 2 aliphatic rings. The summed E-state index contributed by atoms with van der Waals surface area (Å²) in [6.45, 7) is 2.76. The Bertz CT molecular complexity index is 1540. The fourth-order valence-electron chi connectivity index (χ4n) is 4.70. The molecule has 7 rings (SSSR count). The number of hydrogen-bond acceptors (Lipinski definition) is 6. The normalized spacial score (nSPS) is 18.0. The number of carbonyl (C=O) groups is 1. The molecule has 36 heavy (non-hydrogen) atoms. The van der Waals surface area contributed by atoms with Crippen molar-refractivity contribution in [1.29, 1.82) is 0 Å². The molecule has 1 aliphatic heterocycles. The summed E-state index contributed by atoms with van der Waals surface area (Å²) in [5.74, 6) is 1.66. The van der Waals surface area contributed by atoms with Crippen LogP contribution in [0.25, 0.3) is 27.9 Å². The van der Waals surface area contributed by atoms with Gasteiger partial charge in [-0.3, -0.25) is 0 Å². The maximum atomic E-state index is 11.7. The van der Waals surface area contributed by atoms with Gasteiger partial charge in [-0.1, -0.05) is 30.3 Å². The Kier molecular flexibility index (Phi) is 5.61. The fraction of sp³-hybridized carbons (Fsp3) is 0.259. The Morgan fingerprint density at radius 3 is 2.69 bits per heavy atom. The molecule has 0 spiro atoms. The third kappa shape index (κ3) is 4.18. The van der Waals surface area contributed by atoms with E-state index in [-0.39, 0.29) is 5.56 Å². The Balaban J connectivity index is 0.000000346. The summed E-state index contributed by atoms with van der Waals surface area (Å²) >= 11 is 0. The molecule has 1 saturated carbocycles. The van der Waals surface area contributed by atoms with E-state index in [4.69, 9.17) is 4.74 Å². The number of aromatic nitrogens is 5. The van der Waals surface area contributed by atoms with E-state index in [2.05, 4.69) is 20.1 Å². The van der Waals surface area contributed by atoms with Crippen molar-refractivity contribution in [2.45, 2.75) is 13.0 Å². The molecule has 9 heteroatoms. The van der Waals surface area contributed by atoms with Crippen LogP contribution < -0.4 is 4.90 Å².